The van der Waals surface area contributed by atoms with E-state index in [1.165, 1.54) is 0 Å². The van der Waals surface area contributed by atoms with E-state index in [0.29, 0.717) is 25.5 Å². The molecule has 6 nitrogen and oxygen atoms in total. The van der Waals surface area contributed by atoms with E-state index in [4.69, 9.17) is 4.74 Å². The van der Waals surface area contributed by atoms with Gasteiger partial charge in [0.15, 0.2) is 0 Å². The molecule has 1 aliphatic rings. The summed E-state index contributed by atoms with van der Waals surface area (Å²) in [6, 6.07) is 16.6. The molecular weight excluding hydrogens is 580 g/mol. The predicted octanol–water partition coefficient (Wildman–Crippen LogP) is 8.11. The van der Waals surface area contributed by atoms with E-state index in [-0.39, 0.29) is 17.7 Å². The molecule has 4 aromatic rings. The van der Waals surface area contributed by atoms with Crippen LogP contribution in [0.3, 0.4) is 0 Å². The van der Waals surface area contributed by atoms with E-state index in [1.54, 1.807) is 11.9 Å². The van der Waals surface area contributed by atoms with Gasteiger partial charge in [0.05, 0.1) is 28.4 Å². The SMILES string of the molecule is CCOC1CC(C(=O)Nc2ccc(C(F)(F)F)cc2F)CC(c2ccc(N(C)Sc3ccc4c(c3)nc(C)n4C)cc2)C1. The van der Waals surface area contributed by atoms with Gasteiger partial charge in [-0.05, 0) is 105 Å². The fourth-order valence-corrected chi connectivity index (χ4v) is 6.51. The lowest BCUT2D eigenvalue weighted by molar-refractivity contribution is -0.137. The third-order valence-electron chi connectivity index (χ3n) is 8.04. The van der Waals surface area contributed by atoms with Crippen molar-refractivity contribution in [2.24, 2.45) is 13.0 Å². The van der Waals surface area contributed by atoms with E-state index in [9.17, 15) is 22.4 Å². The topological polar surface area (TPSA) is 59.4 Å². The number of rotatable bonds is 8. The molecule has 3 atom stereocenters. The molecule has 1 heterocycles. The Morgan fingerprint density at radius 2 is 1.84 bits per heavy atom. The van der Waals surface area contributed by atoms with Crippen molar-refractivity contribution < 1.29 is 27.1 Å². The molecule has 1 N–H and O–H groups in total. The van der Waals surface area contributed by atoms with Gasteiger partial charge in [-0.3, -0.25) is 4.79 Å². The summed E-state index contributed by atoms with van der Waals surface area (Å²) in [6.07, 6.45) is -3.12. The number of halogens is 4. The largest absolute Gasteiger partial charge is 0.416 e. The van der Waals surface area contributed by atoms with Crippen molar-refractivity contribution in [2.75, 3.05) is 23.3 Å². The number of fused-ring (bicyclic) bond motifs is 1. The average Bonchev–Trinajstić information content (AvgIpc) is 3.25. The third-order valence-corrected chi connectivity index (χ3v) is 8.99. The Kier molecular flexibility index (Phi) is 9.03. The molecule has 0 spiro atoms. The molecule has 1 saturated carbocycles. The molecule has 0 bridgehead atoms. The quantitative estimate of drug-likeness (QED) is 0.161. The highest BCUT2D eigenvalue weighted by atomic mass is 32.2. The molecule has 0 radical (unpaired) electrons. The Hall–Kier alpha value is -3.57. The number of ether oxygens (including phenoxy) is 1. The summed E-state index contributed by atoms with van der Waals surface area (Å²) in [7, 11) is 4.00. The molecule has 43 heavy (non-hydrogen) atoms. The molecule has 1 aromatic heterocycles. The molecule has 11 heteroatoms. The first kappa shape index (κ1) is 30.9. The molecule has 0 saturated heterocycles. The van der Waals surface area contributed by atoms with E-state index in [0.717, 1.165) is 51.6 Å². The number of nitrogens with one attached hydrogen (secondary N) is 1. The van der Waals surface area contributed by atoms with Gasteiger partial charge < -0.3 is 18.9 Å². The lowest BCUT2D eigenvalue weighted by atomic mass is 9.76. The van der Waals surface area contributed by atoms with Crippen molar-refractivity contribution in [3.63, 3.8) is 0 Å². The van der Waals surface area contributed by atoms with Crippen molar-refractivity contribution in [3.05, 3.63) is 83.4 Å². The van der Waals surface area contributed by atoms with Crippen LogP contribution in [-0.4, -0.2) is 35.2 Å². The van der Waals surface area contributed by atoms with Gasteiger partial charge in [-0.25, -0.2) is 9.37 Å². The normalized spacial score (nSPS) is 19.0. The number of carbonyl (C=O) groups is 1. The molecule has 1 fully saturated rings. The molecule has 3 unspecified atom stereocenters. The van der Waals surface area contributed by atoms with Gasteiger partial charge in [0.2, 0.25) is 5.91 Å². The molecular formula is C32H34F4N4O2S. The van der Waals surface area contributed by atoms with Crippen LogP contribution in [0.4, 0.5) is 28.9 Å². The van der Waals surface area contributed by atoms with Crippen molar-refractivity contribution >= 4 is 40.3 Å². The zero-order valence-corrected chi connectivity index (χ0v) is 25.2. The average molecular weight is 615 g/mol. The second-order valence-electron chi connectivity index (χ2n) is 10.9. The van der Waals surface area contributed by atoms with Crippen LogP contribution >= 0.6 is 11.9 Å². The van der Waals surface area contributed by atoms with Gasteiger partial charge in [-0.15, -0.1) is 0 Å². The Labute approximate surface area is 252 Å². The Bertz CT molecular complexity index is 1610. The summed E-state index contributed by atoms with van der Waals surface area (Å²) in [4.78, 5) is 18.9. The van der Waals surface area contributed by atoms with Gasteiger partial charge in [-0.2, -0.15) is 13.2 Å². The Morgan fingerprint density at radius 3 is 2.51 bits per heavy atom. The van der Waals surface area contributed by atoms with E-state index in [2.05, 4.69) is 49.5 Å². The van der Waals surface area contributed by atoms with Crippen LogP contribution in [0.2, 0.25) is 0 Å². The smallest absolute Gasteiger partial charge is 0.378 e. The van der Waals surface area contributed by atoms with Gasteiger partial charge >= 0.3 is 6.18 Å². The number of hydrogen-bond acceptors (Lipinski definition) is 5. The fourth-order valence-electron chi connectivity index (χ4n) is 5.68. The second kappa shape index (κ2) is 12.6. The highest BCUT2D eigenvalue weighted by Gasteiger charge is 2.35. The van der Waals surface area contributed by atoms with Gasteiger partial charge in [0, 0.05) is 37.2 Å². The first-order chi connectivity index (χ1) is 20.4. The van der Waals surface area contributed by atoms with Gasteiger partial charge in [0.25, 0.3) is 0 Å². The van der Waals surface area contributed by atoms with Crippen LogP contribution in [0.15, 0.2) is 65.6 Å². The van der Waals surface area contributed by atoms with Crippen LogP contribution in [0.5, 0.6) is 0 Å². The predicted molar refractivity (Wildman–Crippen MR) is 162 cm³/mol. The van der Waals surface area contributed by atoms with Gasteiger partial charge in [0.1, 0.15) is 11.6 Å². The summed E-state index contributed by atoms with van der Waals surface area (Å²) in [5.41, 5.74) is 2.74. The lowest BCUT2D eigenvalue weighted by Crippen LogP contribution is -2.35. The number of hydrogen-bond donors (Lipinski definition) is 1. The minimum absolute atomic E-state index is 0.0281. The minimum Gasteiger partial charge on any atom is -0.378 e. The summed E-state index contributed by atoms with van der Waals surface area (Å²) in [6.45, 7) is 4.37. The molecule has 1 aliphatic carbocycles. The van der Waals surface area contributed by atoms with Gasteiger partial charge in [-0.1, -0.05) is 12.1 Å². The molecule has 5 rings (SSSR count). The van der Waals surface area contributed by atoms with Crippen LogP contribution in [0.1, 0.15) is 49.1 Å². The van der Waals surface area contributed by atoms with Crippen LogP contribution in [0.25, 0.3) is 11.0 Å². The number of benzene rings is 3. The second-order valence-corrected chi connectivity index (χ2v) is 12.1. The standard InChI is InChI=1S/C32H34F4N4O2S/c1-5-42-25-15-21(14-22(16-25)31(41)38-28-12-8-23(17-27(28)33)32(34,35)36)20-6-9-24(10-7-20)40(4)43-26-11-13-30-29(18-26)37-19(2)39(30)3/h6-13,17-18,21-22,25H,5,14-16H2,1-4H3,(H,38,41). The third kappa shape index (κ3) is 6.99. The Balaban J connectivity index is 1.27. The Morgan fingerprint density at radius 1 is 1.09 bits per heavy atom. The molecule has 3 aromatic carbocycles. The maximum absolute atomic E-state index is 14.4. The van der Waals surface area contributed by atoms with Crippen LogP contribution in [-0.2, 0) is 22.8 Å². The lowest BCUT2D eigenvalue weighted by Gasteiger charge is -2.34. The number of aromatic nitrogens is 2. The number of amides is 1. The highest BCUT2D eigenvalue weighted by Crippen LogP contribution is 2.40. The monoisotopic (exact) mass is 614 g/mol. The molecule has 0 aliphatic heterocycles. The van der Waals surface area contributed by atoms with Crippen molar-refractivity contribution in [3.8, 4) is 0 Å². The summed E-state index contributed by atoms with van der Waals surface area (Å²) in [5.74, 6) is -1.05. The highest BCUT2D eigenvalue weighted by molar-refractivity contribution is 8.00. The van der Waals surface area contributed by atoms with E-state index < -0.39 is 29.4 Å². The molecule has 1 amide bonds. The number of aryl methyl sites for hydroxylation is 2. The minimum atomic E-state index is -4.67. The number of imidazole rings is 1. The number of alkyl halides is 3. The summed E-state index contributed by atoms with van der Waals surface area (Å²) in [5, 5.41) is 2.50. The maximum atomic E-state index is 14.4. The van der Waals surface area contributed by atoms with Crippen LogP contribution in [0, 0.1) is 18.7 Å². The van der Waals surface area contributed by atoms with E-state index >= 15 is 0 Å². The fraction of sp³-hybridized carbons (Fsp3) is 0.375. The zero-order chi connectivity index (χ0) is 30.9. The van der Waals surface area contributed by atoms with Crippen molar-refractivity contribution in [1.82, 2.24) is 9.55 Å². The maximum Gasteiger partial charge on any atom is 0.416 e. The first-order valence-electron chi connectivity index (χ1n) is 14.2. The van der Waals surface area contributed by atoms with Crippen molar-refractivity contribution in [1.29, 1.82) is 0 Å². The number of nitrogens with zero attached hydrogens (tertiary/aromatic N) is 3. The zero-order valence-electron chi connectivity index (χ0n) is 24.4. The van der Waals surface area contributed by atoms with E-state index in [1.807, 2.05) is 40.1 Å². The van der Waals surface area contributed by atoms with Crippen molar-refractivity contribution in [2.45, 2.75) is 56.2 Å². The summed E-state index contributed by atoms with van der Waals surface area (Å²) < 4.78 is 63.3. The molecule has 228 valence electrons. The first-order valence-corrected chi connectivity index (χ1v) is 14.9. The number of carbonyl (C=O) groups excluding carboxylic acids is 1. The summed E-state index contributed by atoms with van der Waals surface area (Å²) >= 11 is 1.60. The van der Waals surface area contributed by atoms with Crippen LogP contribution < -0.4 is 9.62 Å². The number of anilines is 2.